The van der Waals surface area contributed by atoms with Crippen molar-refractivity contribution in [3.05, 3.63) is 0 Å². The van der Waals surface area contributed by atoms with Crippen LogP contribution in [0.25, 0.3) is 0 Å². The minimum Gasteiger partial charge on any atom is -0.383 e. The number of ether oxygens (including phenoxy) is 1. The molecule has 5 nitrogen and oxygen atoms in total. The maximum Gasteiger partial charge on any atom is 0.236 e. The van der Waals surface area contributed by atoms with Crippen molar-refractivity contribution < 1.29 is 9.53 Å². The minimum atomic E-state index is -0.355. The normalized spacial score (nSPS) is 14.0. The Labute approximate surface area is 90.8 Å². The molecule has 0 aromatic heterocycles. The second-order valence-electron chi connectivity index (χ2n) is 3.26. The van der Waals surface area contributed by atoms with Gasteiger partial charge in [0.1, 0.15) is 0 Å². The zero-order valence-electron chi connectivity index (χ0n) is 9.54. The highest BCUT2D eigenvalue weighted by molar-refractivity contribution is 5.81. The summed E-state index contributed by atoms with van der Waals surface area (Å²) in [5.41, 5.74) is 0. The van der Waals surface area contributed by atoms with Gasteiger partial charge >= 0.3 is 0 Å². The molecule has 0 aliphatic carbocycles. The summed E-state index contributed by atoms with van der Waals surface area (Å²) in [6.45, 7) is 4.62. The van der Waals surface area contributed by atoms with Gasteiger partial charge in [0, 0.05) is 13.7 Å². The Morgan fingerprint density at radius 2 is 2.27 bits per heavy atom. The van der Waals surface area contributed by atoms with Crippen LogP contribution in [0.4, 0.5) is 0 Å². The Kier molecular flexibility index (Phi) is 7.60. The summed E-state index contributed by atoms with van der Waals surface area (Å²) >= 11 is 0. The predicted octanol–water partition coefficient (Wildman–Crippen LogP) is 0.0293. The van der Waals surface area contributed by atoms with Gasteiger partial charge in [0.05, 0.1) is 24.8 Å². The van der Waals surface area contributed by atoms with Gasteiger partial charge in [-0.3, -0.25) is 10.1 Å². The molecule has 0 spiro atoms. The predicted molar refractivity (Wildman–Crippen MR) is 57.2 cm³/mol. The monoisotopic (exact) mass is 213 g/mol. The van der Waals surface area contributed by atoms with E-state index in [1.807, 2.05) is 6.92 Å². The van der Waals surface area contributed by atoms with Crippen molar-refractivity contribution in [1.29, 1.82) is 5.26 Å². The SMILES string of the molecule is CCC(C#N)NC(C)C(=O)NCCOC. The molecule has 2 atom stereocenters. The second kappa shape index (κ2) is 8.21. The molecular weight excluding hydrogens is 194 g/mol. The molecule has 2 N–H and O–H groups in total. The van der Waals surface area contributed by atoms with Crippen molar-refractivity contribution in [3.8, 4) is 6.07 Å². The fourth-order valence-corrected chi connectivity index (χ4v) is 1.05. The van der Waals surface area contributed by atoms with Gasteiger partial charge in [-0.1, -0.05) is 6.92 Å². The van der Waals surface area contributed by atoms with Gasteiger partial charge in [0.2, 0.25) is 5.91 Å². The van der Waals surface area contributed by atoms with Crippen LogP contribution in [0.2, 0.25) is 0 Å². The number of rotatable bonds is 7. The number of carbonyl (C=O) groups excluding carboxylic acids is 1. The van der Waals surface area contributed by atoms with E-state index in [1.165, 1.54) is 0 Å². The Hall–Kier alpha value is -1.12. The summed E-state index contributed by atoms with van der Waals surface area (Å²) in [6.07, 6.45) is 0.687. The summed E-state index contributed by atoms with van der Waals surface area (Å²) in [5, 5.41) is 14.3. The lowest BCUT2D eigenvalue weighted by atomic mass is 10.2. The van der Waals surface area contributed by atoms with Gasteiger partial charge in [0.15, 0.2) is 0 Å². The van der Waals surface area contributed by atoms with Crippen LogP contribution >= 0.6 is 0 Å². The van der Waals surface area contributed by atoms with Crippen LogP contribution in [0.3, 0.4) is 0 Å². The van der Waals surface area contributed by atoms with Crippen molar-refractivity contribution in [3.63, 3.8) is 0 Å². The van der Waals surface area contributed by atoms with Crippen LogP contribution in [0.15, 0.2) is 0 Å². The molecule has 0 bridgehead atoms. The van der Waals surface area contributed by atoms with E-state index in [0.717, 1.165) is 0 Å². The third kappa shape index (κ3) is 6.05. The first-order valence-electron chi connectivity index (χ1n) is 5.08. The molecule has 86 valence electrons. The zero-order valence-corrected chi connectivity index (χ0v) is 9.54. The molecule has 0 aromatic carbocycles. The van der Waals surface area contributed by atoms with Gasteiger partial charge in [-0.15, -0.1) is 0 Å². The maximum absolute atomic E-state index is 11.4. The van der Waals surface area contributed by atoms with Gasteiger partial charge in [-0.2, -0.15) is 5.26 Å². The molecule has 0 aliphatic heterocycles. The fraction of sp³-hybridized carbons (Fsp3) is 0.800. The first-order valence-corrected chi connectivity index (χ1v) is 5.08. The maximum atomic E-state index is 11.4. The average molecular weight is 213 g/mol. The molecule has 0 aromatic rings. The second-order valence-corrected chi connectivity index (χ2v) is 3.26. The zero-order chi connectivity index (χ0) is 11.7. The third-order valence-corrected chi connectivity index (χ3v) is 2.01. The average Bonchev–Trinajstić information content (AvgIpc) is 2.25. The Balaban J connectivity index is 3.83. The minimum absolute atomic E-state index is 0.110. The van der Waals surface area contributed by atoms with Crippen LogP contribution in [-0.4, -0.2) is 38.3 Å². The number of nitrogens with one attached hydrogen (secondary N) is 2. The smallest absolute Gasteiger partial charge is 0.236 e. The molecule has 0 rings (SSSR count). The summed E-state index contributed by atoms with van der Waals surface area (Å²) in [4.78, 5) is 11.4. The number of amides is 1. The van der Waals surface area contributed by atoms with Crippen LogP contribution in [0, 0.1) is 11.3 Å². The van der Waals surface area contributed by atoms with Crippen molar-refractivity contribution in [2.24, 2.45) is 0 Å². The molecule has 0 saturated carbocycles. The van der Waals surface area contributed by atoms with Gasteiger partial charge in [-0.25, -0.2) is 0 Å². The first kappa shape index (κ1) is 13.9. The van der Waals surface area contributed by atoms with E-state index in [2.05, 4.69) is 16.7 Å². The lowest BCUT2D eigenvalue weighted by Gasteiger charge is -2.16. The molecule has 0 saturated heterocycles. The first-order chi connectivity index (χ1) is 7.15. The number of carbonyl (C=O) groups is 1. The van der Waals surface area contributed by atoms with Crippen LogP contribution in [0.5, 0.6) is 0 Å². The third-order valence-electron chi connectivity index (χ3n) is 2.01. The summed E-state index contributed by atoms with van der Waals surface area (Å²) in [5.74, 6) is -0.110. The van der Waals surface area contributed by atoms with Crippen LogP contribution in [0.1, 0.15) is 20.3 Å². The number of nitriles is 1. The molecule has 0 heterocycles. The van der Waals surface area contributed by atoms with E-state index < -0.39 is 0 Å². The van der Waals surface area contributed by atoms with E-state index in [9.17, 15) is 4.79 Å². The Morgan fingerprint density at radius 1 is 1.60 bits per heavy atom. The molecule has 5 heteroatoms. The Morgan fingerprint density at radius 3 is 2.73 bits per heavy atom. The number of nitrogens with zero attached hydrogens (tertiary/aromatic N) is 1. The molecular formula is C10H19N3O2. The van der Waals surface area contributed by atoms with Gasteiger partial charge in [-0.05, 0) is 13.3 Å². The van der Waals surface area contributed by atoms with Crippen molar-refractivity contribution in [1.82, 2.24) is 10.6 Å². The standard InChI is InChI=1S/C10H19N3O2/c1-4-9(7-11)13-8(2)10(14)12-5-6-15-3/h8-9,13H,4-6H2,1-3H3,(H,12,14). The molecule has 0 radical (unpaired) electrons. The van der Waals surface area contributed by atoms with Gasteiger partial charge in [0.25, 0.3) is 0 Å². The fourth-order valence-electron chi connectivity index (χ4n) is 1.05. The number of hydrogen-bond acceptors (Lipinski definition) is 4. The molecule has 2 unspecified atom stereocenters. The number of methoxy groups -OCH3 is 1. The largest absolute Gasteiger partial charge is 0.383 e. The van der Waals surface area contributed by atoms with Crippen LogP contribution < -0.4 is 10.6 Å². The highest BCUT2D eigenvalue weighted by Gasteiger charge is 2.15. The topological polar surface area (TPSA) is 74.2 Å². The molecule has 15 heavy (non-hydrogen) atoms. The lowest BCUT2D eigenvalue weighted by molar-refractivity contribution is -0.123. The van der Waals surface area contributed by atoms with Crippen molar-refractivity contribution in [2.45, 2.75) is 32.4 Å². The van der Waals surface area contributed by atoms with E-state index in [0.29, 0.717) is 19.6 Å². The van der Waals surface area contributed by atoms with E-state index >= 15 is 0 Å². The Bertz CT molecular complexity index is 225. The molecule has 0 aliphatic rings. The highest BCUT2D eigenvalue weighted by atomic mass is 16.5. The van der Waals surface area contributed by atoms with E-state index in [1.54, 1.807) is 14.0 Å². The van der Waals surface area contributed by atoms with E-state index in [-0.39, 0.29) is 18.0 Å². The van der Waals surface area contributed by atoms with Crippen molar-refractivity contribution in [2.75, 3.05) is 20.3 Å². The molecule has 0 fully saturated rings. The van der Waals surface area contributed by atoms with E-state index in [4.69, 9.17) is 10.00 Å². The van der Waals surface area contributed by atoms with Crippen LogP contribution in [-0.2, 0) is 9.53 Å². The number of hydrogen-bond donors (Lipinski definition) is 2. The lowest BCUT2D eigenvalue weighted by Crippen LogP contribution is -2.46. The summed E-state index contributed by atoms with van der Waals surface area (Å²) < 4.78 is 4.81. The highest BCUT2D eigenvalue weighted by Crippen LogP contribution is 1.92. The summed E-state index contributed by atoms with van der Waals surface area (Å²) in [6, 6.07) is 1.46. The molecule has 1 amide bonds. The van der Waals surface area contributed by atoms with Gasteiger partial charge < -0.3 is 10.1 Å². The van der Waals surface area contributed by atoms with Crippen molar-refractivity contribution >= 4 is 5.91 Å². The summed E-state index contributed by atoms with van der Waals surface area (Å²) in [7, 11) is 1.58. The quantitative estimate of drug-likeness (QED) is 0.585.